The van der Waals surface area contributed by atoms with Gasteiger partial charge in [-0.2, -0.15) is 0 Å². The highest BCUT2D eigenvalue weighted by atomic mass is 16.3. The molecule has 0 radical (unpaired) electrons. The van der Waals surface area contributed by atoms with Crippen LogP contribution in [-0.4, -0.2) is 17.6 Å². The first-order valence-corrected chi connectivity index (χ1v) is 7.48. The van der Waals surface area contributed by atoms with E-state index in [4.69, 9.17) is 4.42 Å². The van der Waals surface area contributed by atoms with Gasteiger partial charge in [0.05, 0.1) is 6.54 Å². The van der Waals surface area contributed by atoms with Crippen molar-refractivity contribution >= 4 is 5.91 Å². The third kappa shape index (κ3) is 3.42. The molecule has 0 bridgehead atoms. The fourth-order valence-electron chi connectivity index (χ4n) is 3.03. The third-order valence-corrected chi connectivity index (χ3v) is 4.20. The molecule has 1 fully saturated rings. The van der Waals surface area contributed by atoms with E-state index < -0.39 is 5.60 Å². The van der Waals surface area contributed by atoms with Crippen molar-refractivity contribution < 1.29 is 14.3 Å². The summed E-state index contributed by atoms with van der Waals surface area (Å²) in [5.74, 6) is 1.67. The molecule has 1 heterocycles. The summed E-state index contributed by atoms with van der Waals surface area (Å²) in [5, 5.41) is 13.4. The monoisotopic (exact) mass is 279 g/mol. The van der Waals surface area contributed by atoms with Crippen molar-refractivity contribution in [2.75, 3.05) is 6.54 Å². The molecule has 1 amide bonds. The zero-order valence-corrected chi connectivity index (χ0v) is 12.7. The maximum atomic E-state index is 12.1. The van der Waals surface area contributed by atoms with Gasteiger partial charge in [-0.15, -0.1) is 0 Å². The lowest BCUT2D eigenvalue weighted by Gasteiger charge is -2.26. The second kappa shape index (κ2) is 6.00. The first kappa shape index (κ1) is 15.1. The highest BCUT2D eigenvalue weighted by molar-refractivity contribution is 5.78. The summed E-state index contributed by atoms with van der Waals surface area (Å²) in [4.78, 5) is 12.1. The van der Waals surface area contributed by atoms with Crippen LogP contribution in [0.25, 0.3) is 0 Å². The van der Waals surface area contributed by atoms with E-state index in [9.17, 15) is 9.90 Å². The Balaban J connectivity index is 1.94. The topological polar surface area (TPSA) is 62.5 Å². The normalized spacial score (nSPS) is 19.6. The molecule has 0 aromatic carbocycles. The molecule has 1 saturated carbocycles. The van der Waals surface area contributed by atoms with E-state index >= 15 is 0 Å². The Morgan fingerprint density at radius 1 is 1.40 bits per heavy atom. The van der Waals surface area contributed by atoms with Crippen LogP contribution in [-0.2, 0) is 10.4 Å². The lowest BCUT2D eigenvalue weighted by Crippen LogP contribution is -2.41. The number of carbonyl (C=O) groups excluding carboxylic acids is 1. The van der Waals surface area contributed by atoms with Gasteiger partial charge in [0.2, 0.25) is 5.91 Å². The smallest absolute Gasteiger partial charge is 0.223 e. The first-order valence-electron chi connectivity index (χ1n) is 7.48. The van der Waals surface area contributed by atoms with E-state index in [-0.39, 0.29) is 18.4 Å². The molecule has 4 nitrogen and oxygen atoms in total. The number of aryl methyl sites for hydroxylation is 2. The summed E-state index contributed by atoms with van der Waals surface area (Å²) in [6, 6.07) is 1.84. The third-order valence-electron chi connectivity index (χ3n) is 4.20. The largest absolute Gasteiger partial charge is 0.466 e. The maximum Gasteiger partial charge on any atom is 0.223 e. The fourth-order valence-corrected chi connectivity index (χ4v) is 3.03. The van der Waals surface area contributed by atoms with E-state index in [1.165, 1.54) is 6.42 Å². The van der Waals surface area contributed by atoms with Crippen LogP contribution in [0.5, 0.6) is 0 Å². The molecular weight excluding hydrogens is 254 g/mol. The van der Waals surface area contributed by atoms with Crippen LogP contribution in [0.4, 0.5) is 0 Å². The van der Waals surface area contributed by atoms with Gasteiger partial charge in [0, 0.05) is 11.5 Å². The summed E-state index contributed by atoms with van der Waals surface area (Å²) in [5.41, 5.74) is -0.342. The lowest BCUT2D eigenvalue weighted by atomic mass is 9.88. The van der Waals surface area contributed by atoms with Gasteiger partial charge in [-0.05, 0) is 39.7 Å². The average molecular weight is 279 g/mol. The van der Waals surface area contributed by atoms with Crippen LogP contribution in [0.2, 0.25) is 0 Å². The molecule has 1 aromatic heterocycles. The van der Waals surface area contributed by atoms with Gasteiger partial charge in [0.15, 0.2) is 0 Å². The van der Waals surface area contributed by atoms with Crippen molar-refractivity contribution in [3.63, 3.8) is 0 Å². The molecular formula is C16H25NO3. The number of rotatable bonds is 4. The van der Waals surface area contributed by atoms with Gasteiger partial charge in [0.1, 0.15) is 17.1 Å². The summed E-state index contributed by atoms with van der Waals surface area (Å²) in [6.07, 6.45) is 5.44. The fraction of sp³-hybridized carbons (Fsp3) is 0.688. The van der Waals surface area contributed by atoms with Crippen molar-refractivity contribution in [1.82, 2.24) is 5.32 Å². The number of aliphatic hydroxyl groups is 1. The molecule has 0 spiro atoms. The van der Waals surface area contributed by atoms with Gasteiger partial charge in [-0.3, -0.25) is 4.79 Å². The zero-order chi connectivity index (χ0) is 14.8. The molecule has 1 aliphatic rings. The van der Waals surface area contributed by atoms with Crippen molar-refractivity contribution in [2.45, 2.75) is 58.5 Å². The molecule has 112 valence electrons. The summed E-state index contributed by atoms with van der Waals surface area (Å²) in [7, 11) is 0. The quantitative estimate of drug-likeness (QED) is 0.891. The second-order valence-electron chi connectivity index (χ2n) is 6.15. The van der Waals surface area contributed by atoms with Crippen molar-refractivity contribution in [3.8, 4) is 0 Å². The highest BCUT2D eigenvalue weighted by Crippen LogP contribution is 2.27. The Morgan fingerprint density at radius 3 is 2.60 bits per heavy atom. The van der Waals surface area contributed by atoms with Crippen molar-refractivity contribution in [1.29, 1.82) is 0 Å². The van der Waals surface area contributed by atoms with Crippen molar-refractivity contribution in [3.05, 3.63) is 23.2 Å². The zero-order valence-electron chi connectivity index (χ0n) is 12.7. The minimum atomic E-state index is -1.09. The Kier molecular flexibility index (Phi) is 4.53. The number of hydrogen-bond donors (Lipinski definition) is 2. The summed E-state index contributed by atoms with van der Waals surface area (Å²) < 4.78 is 5.45. The number of carbonyl (C=O) groups is 1. The van der Waals surface area contributed by atoms with Crippen LogP contribution in [0, 0.1) is 19.8 Å². The molecule has 1 aromatic rings. The van der Waals surface area contributed by atoms with E-state index in [0.717, 1.165) is 37.0 Å². The molecule has 0 aliphatic heterocycles. The summed E-state index contributed by atoms with van der Waals surface area (Å²) in [6.45, 7) is 5.63. The number of amides is 1. The van der Waals surface area contributed by atoms with E-state index in [1.807, 2.05) is 19.9 Å². The highest BCUT2D eigenvalue weighted by Gasteiger charge is 2.29. The van der Waals surface area contributed by atoms with Crippen LogP contribution < -0.4 is 5.32 Å². The molecule has 20 heavy (non-hydrogen) atoms. The van der Waals surface area contributed by atoms with E-state index in [2.05, 4.69) is 5.32 Å². The van der Waals surface area contributed by atoms with E-state index in [0.29, 0.717) is 5.76 Å². The first-order chi connectivity index (χ1) is 9.40. The Labute approximate surface area is 120 Å². The number of hydrogen-bond acceptors (Lipinski definition) is 3. The van der Waals surface area contributed by atoms with Crippen molar-refractivity contribution in [2.24, 2.45) is 5.92 Å². The average Bonchev–Trinajstić information content (AvgIpc) is 2.77. The molecule has 0 saturated heterocycles. The second-order valence-corrected chi connectivity index (χ2v) is 6.15. The minimum absolute atomic E-state index is 0.0721. The minimum Gasteiger partial charge on any atom is -0.466 e. The Hall–Kier alpha value is -1.29. The number of furan rings is 1. The lowest BCUT2D eigenvalue weighted by molar-refractivity contribution is -0.127. The van der Waals surface area contributed by atoms with Gasteiger partial charge in [-0.25, -0.2) is 0 Å². The van der Waals surface area contributed by atoms with Gasteiger partial charge < -0.3 is 14.8 Å². The van der Waals surface area contributed by atoms with Gasteiger partial charge in [0.25, 0.3) is 0 Å². The molecule has 2 rings (SSSR count). The standard InChI is InChI=1S/C16H25NO3/c1-11-9-14(12(2)20-11)16(3,19)10-17-15(18)13-7-5-4-6-8-13/h9,13,19H,4-8,10H2,1-3H3,(H,17,18). The predicted octanol–water partition coefficient (Wildman–Crippen LogP) is 2.80. The van der Waals surface area contributed by atoms with Gasteiger partial charge in [-0.1, -0.05) is 19.3 Å². The van der Waals surface area contributed by atoms with Crippen LogP contribution in [0.3, 0.4) is 0 Å². The van der Waals surface area contributed by atoms with Gasteiger partial charge >= 0.3 is 0 Å². The molecule has 1 aliphatic carbocycles. The van der Waals surface area contributed by atoms with Crippen LogP contribution in [0.15, 0.2) is 10.5 Å². The molecule has 1 atom stereocenters. The Morgan fingerprint density at radius 2 is 2.05 bits per heavy atom. The molecule has 2 N–H and O–H groups in total. The predicted molar refractivity (Wildman–Crippen MR) is 77.3 cm³/mol. The molecule has 1 unspecified atom stereocenters. The summed E-state index contributed by atoms with van der Waals surface area (Å²) >= 11 is 0. The van der Waals surface area contributed by atoms with Crippen LogP contribution in [0.1, 0.15) is 56.1 Å². The Bertz CT molecular complexity index is 470. The van der Waals surface area contributed by atoms with Crippen LogP contribution >= 0.6 is 0 Å². The van der Waals surface area contributed by atoms with E-state index in [1.54, 1.807) is 6.92 Å². The number of nitrogens with one attached hydrogen (secondary N) is 1. The SMILES string of the molecule is Cc1cc(C(C)(O)CNC(=O)C2CCCCC2)c(C)o1. The molecule has 4 heteroatoms. The maximum absolute atomic E-state index is 12.1.